The number of piperidine rings is 2. The number of nitrogens with one attached hydrogen (secondary N) is 1. The molecule has 1 aromatic rings. The van der Waals surface area contributed by atoms with Gasteiger partial charge in [0.1, 0.15) is 5.82 Å². The highest BCUT2D eigenvalue weighted by molar-refractivity contribution is 5.75. The first kappa shape index (κ1) is 16.7. The minimum absolute atomic E-state index is 0.184. The second-order valence-corrected chi connectivity index (χ2v) is 7.94. The fourth-order valence-corrected chi connectivity index (χ4v) is 4.92. The van der Waals surface area contributed by atoms with Gasteiger partial charge in [-0.3, -0.25) is 0 Å². The van der Waals surface area contributed by atoms with Crippen molar-refractivity contribution in [3.8, 4) is 0 Å². The lowest BCUT2D eigenvalue weighted by Gasteiger charge is -2.39. The number of fused-ring (bicyclic) bond motifs is 1. The number of hydrogen-bond acceptors (Lipinski definition) is 3. The van der Waals surface area contributed by atoms with Gasteiger partial charge in [-0.2, -0.15) is 0 Å². The molecule has 0 bridgehead atoms. The van der Waals surface area contributed by atoms with Gasteiger partial charge in [0, 0.05) is 37.4 Å². The van der Waals surface area contributed by atoms with Gasteiger partial charge in [0.2, 0.25) is 0 Å². The van der Waals surface area contributed by atoms with E-state index in [0.717, 1.165) is 49.9 Å². The maximum Gasteiger partial charge on any atom is 0.317 e. The average Bonchev–Trinajstić information content (AvgIpc) is 3.11. The molecule has 2 atom stereocenters. The van der Waals surface area contributed by atoms with Gasteiger partial charge in [-0.15, -0.1) is 0 Å². The zero-order valence-electron chi connectivity index (χ0n) is 15.3. The molecule has 5 heteroatoms. The number of hydrogen-bond donors (Lipinski definition) is 1. The lowest BCUT2D eigenvalue weighted by molar-refractivity contribution is 0.125. The Morgan fingerprint density at radius 1 is 1.08 bits per heavy atom. The van der Waals surface area contributed by atoms with E-state index in [2.05, 4.69) is 32.2 Å². The third kappa shape index (κ3) is 3.60. The van der Waals surface area contributed by atoms with E-state index in [1.165, 1.54) is 32.1 Å². The predicted molar refractivity (Wildman–Crippen MR) is 99.8 cm³/mol. The fourth-order valence-electron chi connectivity index (χ4n) is 4.92. The molecule has 4 rings (SSSR count). The number of pyridine rings is 1. The molecule has 1 aliphatic carbocycles. The summed E-state index contributed by atoms with van der Waals surface area (Å²) < 4.78 is 0. The maximum atomic E-state index is 12.8. The van der Waals surface area contributed by atoms with Crippen LogP contribution < -0.4 is 10.2 Å². The van der Waals surface area contributed by atoms with Crippen LogP contribution in [-0.2, 0) is 0 Å². The largest absolute Gasteiger partial charge is 0.356 e. The van der Waals surface area contributed by atoms with Gasteiger partial charge in [-0.25, -0.2) is 9.78 Å². The van der Waals surface area contributed by atoms with Crippen molar-refractivity contribution in [1.29, 1.82) is 0 Å². The number of carbonyl (C=O) groups excluding carboxylic acids is 1. The lowest BCUT2D eigenvalue weighted by Crippen LogP contribution is -2.54. The lowest BCUT2D eigenvalue weighted by atomic mass is 9.92. The standard InChI is InChI=1S/C20H30N4O/c1-15-5-2-9-19(21-15)23-13-10-17(11-14-23)22-20(25)24-12-4-7-16-6-3-8-18(16)24/h2,5,9,16-18H,3-4,6-8,10-14H2,1H3,(H,22,25)/t16-,18-/m0/s1. The van der Waals surface area contributed by atoms with E-state index in [1.807, 2.05) is 13.0 Å². The number of rotatable bonds is 2. The zero-order chi connectivity index (χ0) is 17.2. The Morgan fingerprint density at radius 3 is 2.68 bits per heavy atom. The SMILES string of the molecule is Cc1cccc(N2CCC(NC(=O)N3CCC[C@@H]4CCC[C@@H]43)CC2)n1. The highest BCUT2D eigenvalue weighted by Gasteiger charge is 2.37. The number of urea groups is 1. The van der Waals surface area contributed by atoms with Gasteiger partial charge in [0.05, 0.1) is 0 Å². The summed E-state index contributed by atoms with van der Waals surface area (Å²) in [6.07, 6.45) is 8.31. The van der Waals surface area contributed by atoms with E-state index in [9.17, 15) is 4.79 Å². The average molecular weight is 342 g/mol. The van der Waals surface area contributed by atoms with Crippen molar-refractivity contribution in [3.63, 3.8) is 0 Å². The van der Waals surface area contributed by atoms with Crippen LogP contribution >= 0.6 is 0 Å². The predicted octanol–water partition coefficient (Wildman–Crippen LogP) is 3.33. The van der Waals surface area contributed by atoms with Crippen LogP contribution in [0.5, 0.6) is 0 Å². The summed E-state index contributed by atoms with van der Waals surface area (Å²) >= 11 is 0. The highest BCUT2D eigenvalue weighted by atomic mass is 16.2. The Balaban J connectivity index is 1.30. The minimum Gasteiger partial charge on any atom is -0.356 e. The van der Waals surface area contributed by atoms with Gasteiger partial charge in [0.15, 0.2) is 0 Å². The van der Waals surface area contributed by atoms with E-state index in [4.69, 9.17) is 0 Å². The molecule has 2 saturated heterocycles. The molecule has 1 N–H and O–H groups in total. The molecule has 0 radical (unpaired) electrons. The van der Waals surface area contributed by atoms with Crippen LogP contribution in [0.3, 0.4) is 0 Å². The molecular formula is C20H30N4O. The number of aryl methyl sites for hydroxylation is 1. The van der Waals surface area contributed by atoms with E-state index in [0.29, 0.717) is 12.1 Å². The smallest absolute Gasteiger partial charge is 0.317 e. The van der Waals surface area contributed by atoms with Crippen LogP contribution in [0.15, 0.2) is 18.2 Å². The van der Waals surface area contributed by atoms with Crippen molar-refractivity contribution in [1.82, 2.24) is 15.2 Å². The molecule has 3 fully saturated rings. The van der Waals surface area contributed by atoms with Gasteiger partial charge in [-0.05, 0) is 63.5 Å². The number of amides is 2. The number of aromatic nitrogens is 1. The summed E-state index contributed by atoms with van der Waals surface area (Å²) in [4.78, 5) is 21.9. The number of nitrogens with zero attached hydrogens (tertiary/aromatic N) is 3. The first-order chi connectivity index (χ1) is 12.2. The second-order valence-electron chi connectivity index (χ2n) is 7.94. The van der Waals surface area contributed by atoms with Crippen LogP contribution in [-0.4, -0.2) is 47.6 Å². The van der Waals surface area contributed by atoms with Crippen molar-refractivity contribution < 1.29 is 4.79 Å². The number of carbonyl (C=O) groups is 1. The van der Waals surface area contributed by atoms with E-state index in [-0.39, 0.29) is 6.03 Å². The van der Waals surface area contributed by atoms with Crippen molar-refractivity contribution in [2.24, 2.45) is 5.92 Å². The summed E-state index contributed by atoms with van der Waals surface area (Å²) in [5.41, 5.74) is 1.06. The molecule has 0 unspecified atom stereocenters. The Hall–Kier alpha value is -1.78. The Morgan fingerprint density at radius 2 is 1.88 bits per heavy atom. The third-order valence-electron chi connectivity index (χ3n) is 6.27. The third-order valence-corrected chi connectivity index (χ3v) is 6.27. The molecule has 0 aromatic carbocycles. The van der Waals surface area contributed by atoms with Gasteiger partial charge < -0.3 is 15.1 Å². The van der Waals surface area contributed by atoms with E-state index >= 15 is 0 Å². The van der Waals surface area contributed by atoms with Crippen LogP contribution in [0.4, 0.5) is 10.6 Å². The zero-order valence-corrected chi connectivity index (χ0v) is 15.3. The van der Waals surface area contributed by atoms with E-state index in [1.54, 1.807) is 0 Å². The van der Waals surface area contributed by atoms with Crippen molar-refractivity contribution in [2.45, 2.75) is 64.0 Å². The second kappa shape index (κ2) is 7.22. The first-order valence-electron chi connectivity index (χ1n) is 9.96. The molecule has 25 heavy (non-hydrogen) atoms. The molecule has 1 aromatic heterocycles. The number of anilines is 1. The van der Waals surface area contributed by atoms with Gasteiger partial charge in [0.25, 0.3) is 0 Å². The quantitative estimate of drug-likeness (QED) is 0.897. The topological polar surface area (TPSA) is 48.5 Å². The molecular weight excluding hydrogens is 312 g/mol. The first-order valence-corrected chi connectivity index (χ1v) is 9.96. The van der Waals surface area contributed by atoms with Crippen LogP contribution in [0.1, 0.15) is 50.6 Å². The van der Waals surface area contributed by atoms with Crippen LogP contribution in [0.25, 0.3) is 0 Å². The molecule has 2 amide bonds. The van der Waals surface area contributed by atoms with Crippen LogP contribution in [0.2, 0.25) is 0 Å². The highest BCUT2D eigenvalue weighted by Crippen LogP contribution is 2.36. The molecule has 1 saturated carbocycles. The molecule has 5 nitrogen and oxygen atoms in total. The summed E-state index contributed by atoms with van der Waals surface area (Å²) in [5, 5.41) is 3.32. The van der Waals surface area contributed by atoms with Gasteiger partial charge in [-0.1, -0.05) is 12.5 Å². The minimum atomic E-state index is 0.184. The van der Waals surface area contributed by atoms with Crippen molar-refractivity contribution in [2.75, 3.05) is 24.5 Å². The normalized spacial score (nSPS) is 27.2. The molecule has 3 heterocycles. The Labute approximate surface area is 150 Å². The maximum absolute atomic E-state index is 12.8. The summed E-state index contributed by atoms with van der Waals surface area (Å²) in [7, 11) is 0. The van der Waals surface area contributed by atoms with Crippen LogP contribution in [0, 0.1) is 12.8 Å². The molecule has 0 spiro atoms. The van der Waals surface area contributed by atoms with E-state index < -0.39 is 0 Å². The van der Waals surface area contributed by atoms with Crippen molar-refractivity contribution in [3.05, 3.63) is 23.9 Å². The monoisotopic (exact) mass is 342 g/mol. The Kier molecular flexibility index (Phi) is 4.82. The van der Waals surface area contributed by atoms with Crippen molar-refractivity contribution >= 4 is 11.8 Å². The molecule has 136 valence electrons. The molecule has 2 aliphatic heterocycles. The summed E-state index contributed by atoms with van der Waals surface area (Å²) in [6.45, 7) is 4.91. The van der Waals surface area contributed by atoms with Gasteiger partial charge >= 0.3 is 6.03 Å². The fraction of sp³-hybridized carbons (Fsp3) is 0.700. The Bertz CT molecular complexity index is 611. The molecule has 3 aliphatic rings. The number of likely N-dealkylation sites (tertiary alicyclic amines) is 1. The summed E-state index contributed by atoms with van der Waals surface area (Å²) in [5.74, 6) is 1.82. The summed E-state index contributed by atoms with van der Waals surface area (Å²) in [6, 6.07) is 7.18.